The maximum atomic E-state index is 11.2. The first-order valence-corrected chi connectivity index (χ1v) is 5.77. The lowest BCUT2D eigenvalue weighted by molar-refractivity contribution is 0.101. The summed E-state index contributed by atoms with van der Waals surface area (Å²) in [7, 11) is 0. The summed E-state index contributed by atoms with van der Waals surface area (Å²) in [5.41, 5.74) is 5.75. The quantitative estimate of drug-likeness (QED) is 0.699. The molecule has 2 aromatic rings. The summed E-state index contributed by atoms with van der Waals surface area (Å²) in [5, 5.41) is 0. The number of aryl methyl sites for hydroxylation is 1. The molecule has 0 aliphatic heterocycles. The van der Waals surface area contributed by atoms with E-state index in [4.69, 9.17) is 0 Å². The Morgan fingerprint density at radius 2 is 1.59 bits per heavy atom. The lowest BCUT2D eigenvalue weighted by Gasteiger charge is -2.09. The predicted molar refractivity (Wildman–Crippen MR) is 71.4 cm³/mol. The zero-order valence-electron chi connectivity index (χ0n) is 10.4. The van der Waals surface area contributed by atoms with Gasteiger partial charge in [-0.05, 0) is 43.0 Å². The Bertz CT molecular complexity index is 550. The third-order valence-electron chi connectivity index (χ3n) is 3.21. The van der Waals surface area contributed by atoms with Gasteiger partial charge in [0.25, 0.3) is 0 Å². The van der Waals surface area contributed by atoms with E-state index in [9.17, 15) is 4.79 Å². The molecule has 0 radical (unpaired) electrons. The van der Waals surface area contributed by atoms with Gasteiger partial charge in [0.2, 0.25) is 0 Å². The van der Waals surface area contributed by atoms with E-state index in [1.54, 1.807) is 6.92 Å². The van der Waals surface area contributed by atoms with E-state index in [2.05, 4.69) is 32.0 Å². The second-order valence-electron chi connectivity index (χ2n) is 4.38. The molecule has 0 heterocycles. The molecule has 0 unspecified atom stereocenters. The Labute approximate surface area is 102 Å². The smallest absolute Gasteiger partial charge is 0.159 e. The molecule has 2 rings (SSSR count). The minimum atomic E-state index is 0.109. The number of hydrogen-bond acceptors (Lipinski definition) is 1. The van der Waals surface area contributed by atoms with E-state index in [0.717, 1.165) is 11.1 Å². The summed E-state index contributed by atoms with van der Waals surface area (Å²) < 4.78 is 0. The molecule has 2 aromatic carbocycles. The lowest BCUT2D eigenvalue weighted by Crippen LogP contribution is -1.92. The number of rotatable bonds is 2. The standard InChI is InChI=1S/C16H16O/c1-11-5-4-6-16(12(11)2)15-9-7-14(8-10-15)13(3)17/h4-10H,1-3H3. The van der Waals surface area contributed by atoms with E-state index >= 15 is 0 Å². The maximum absolute atomic E-state index is 11.2. The number of ketones is 1. The first-order chi connectivity index (χ1) is 8.09. The van der Waals surface area contributed by atoms with Crippen molar-refractivity contribution in [2.75, 3.05) is 0 Å². The van der Waals surface area contributed by atoms with Crippen LogP contribution in [0.15, 0.2) is 42.5 Å². The van der Waals surface area contributed by atoms with Gasteiger partial charge >= 0.3 is 0 Å². The van der Waals surface area contributed by atoms with Crippen LogP contribution in [0.5, 0.6) is 0 Å². The summed E-state index contributed by atoms with van der Waals surface area (Å²) >= 11 is 0. The van der Waals surface area contributed by atoms with Gasteiger partial charge in [0.1, 0.15) is 0 Å². The third kappa shape index (κ3) is 2.28. The highest BCUT2D eigenvalue weighted by Crippen LogP contribution is 2.25. The molecule has 0 bridgehead atoms. The average molecular weight is 224 g/mol. The monoisotopic (exact) mass is 224 g/mol. The minimum absolute atomic E-state index is 0.109. The Hall–Kier alpha value is -1.89. The van der Waals surface area contributed by atoms with Gasteiger partial charge in [0, 0.05) is 5.56 Å². The largest absolute Gasteiger partial charge is 0.295 e. The summed E-state index contributed by atoms with van der Waals surface area (Å²) in [4.78, 5) is 11.2. The molecule has 0 aliphatic rings. The van der Waals surface area contributed by atoms with Crippen molar-refractivity contribution in [3.05, 3.63) is 59.2 Å². The van der Waals surface area contributed by atoms with E-state index in [0.29, 0.717) is 0 Å². The highest BCUT2D eigenvalue weighted by Gasteiger charge is 2.04. The van der Waals surface area contributed by atoms with Crippen molar-refractivity contribution < 1.29 is 4.79 Å². The number of Topliss-reactive ketones (excluding diaryl/α,β-unsaturated/α-hetero) is 1. The van der Waals surface area contributed by atoms with Gasteiger partial charge in [-0.1, -0.05) is 42.5 Å². The molecule has 17 heavy (non-hydrogen) atoms. The van der Waals surface area contributed by atoms with Gasteiger partial charge in [0.15, 0.2) is 5.78 Å². The van der Waals surface area contributed by atoms with Crippen LogP contribution < -0.4 is 0 Å². The minimum Gasteiger partial charge on any atom is -0.295 e. The van der Waals surface area contributed by atoms with Crippen LogP contribution in [0.25, 0.3) is 11.1 Å². The predicted octanol–water partition coefficient (Wildman–Crippen LogP) is 4.17. The van der Waals surface area contributed by atoms with Crippen molar-refractivity contribution >= 4 is 5.78 Å². The van der Waals surface area contributed by atoms with Crippen LogP contribution >= 0.6 is 0 Å². The summed E-state index contributed by atoms with van der Waals surface area (Å²) in [6.07, 6.45) is 0. The Morgan fingerprint density at radius 1 is 0.941 bits per heavy atom. The fraction of sp³-hybridized carbons (Fsp3) is 0.188. The van der Waals surface area contributed by atoms with Gasteiger partial charge < -0.3 is 0 Å². The van der Waals surface area contributed by atoms with Crippen LogP contribution in [0.2, 0.25) is 0 Å². The van der Waals surface area contributed by atoms with E-state index in [-0.39, 0.29) is 5.78 Å². The highest BCUT2D eigenvalue weighted by molar-refractivity contribution is 5.94. The molecule has 0 aromatic heterocycles. The summed E-state index contributed by atoms with van der Waals surface area (Å²) in [6.45, 7) is 5.83. The summed E-state index contributed by atoms with van der Waals surface area (Å²) in [6, 6.07) is 14.1. The molecule has 1 heteroatoms. The SMILES string of the molecule is CC(=O)c1ccc(-c2cccc(C)c2C)cc1. The van der Waals surface area contributed by atoms with Crippen molar-refractivity contribution in [3.8, 4) is 11.1 Å². The molecule has 0 spiro atoms. The number of hydrogen-bond donors (Lipinski definition) is 0. The van der Waals surface area contributed by atoms with Crippen molar-refractivity contribution in [2.24, 2.45) is 0 Å². The molecule has 1 nitrogen and oxygen atoms in total. The average Bonchev–Trinajstić information content (AvgIpc) is 2.33. The number of carbonyl (C=O) groups is 1. The Kier molecular flexibility index (Phi) is 3.10. The number of carbonyl (C=O) groups excluding carboxylic acids is 1. The molecule has 86 valence electrons. The first-order valence-electron chi connectivity index (χ1n) is 5.77. The van der Waals surface area contributed by atoms with Crippen LogP contribution in [-0.2, 0) is 0 Å². The summed E-state index contributed by atoms with van der Waals surface area (Å²) in [5.74, 6) is 0.109. The third-order valence-corrected chi connectivity index (χ3v) is 3.21. The van der Waals surface area contributed by atoms with Crippen LogP contribution in [0.3, 0.4) is 0 Å². The molecular formula is C16H16O. The molecule has 0 aliphatic carbocycles. The molecule has 0 saturated carbocycles. The van der Waals surface area contributed by atoms with Gasteiger partial charge in [-0.3, -0.25) is 4.79 Å². The topological polar surface area (TPSA) is 17.1 Å². The van der Waals surface area contributed by atoms with Crippen LogP contribution in [-0.4, -0.2) is 5.78 Å². The molecule has 0 fully saturated rings. The van der Waals surface area contributed by atoms with Crippen molar-refractivity contribution in [2.45, 2.75) is 20.8 Å². The van der Waals surface area contributed by atoms with Crippen molar-refractivity contribution in [1.82, 2.24) is 0 Å². The first kappa shape index (κ1) is 11.6. The van der Waals surface area contributed by atoms with Crippen LogP contribution in [0, 0.1) is 13.8 Å². The molecular weight excluding hydrogens is 208 g/mol. The van der Waals surface area contributed by atoms with Crippen molar-refractivity contribution in [3.63, 3.8) is 0 Å². The second-order valence-corrected chi connectivity index (χ2v) is 4.38. The van der Waals surface area contributed by atoms with Crippen LogP contribution in [0.4, 0.5) is 0 Å². The molecule has 0 saturated heterocycles. The normalized spacial score (nSPS) is 10.3. The maximum Gasteiger partial charge on any atom is 0.159 e. The van der Waals surface area contributed by atoms with E-state index in [1.165, 1.54) is 16.7 Å². The van der Waals surface area contributed by atoms with Gasteiger partial charge in [0.05, 0.1) is 0 Å². The Morgan fingerprint density at radius 3 is 2.18 bits per heavy atom. The molecule has 0 atom stereocenters. The molecule has 0 amide bonds. The zero-order valence-corrected chi connectivity index (χ0v) is 10.4. The van der Waals surface area contributed by atoms with E-state index in [1.807, 2.05) is 24.3 Å². The zero-order chi connectivity index (χ0) is 12.4. The number of benzene rings is 2. The van der Waals surface area contributed by atoms with Crippen molar-refractivity contribution in [1.29, 1.82) is 0 Å². The lowest BCUT2D eigenvalue weighted by atomic mass is 9.96. The van der Waals surface area contributed by atoms with Gasteiger partial charge in [-0.2, -0.15) is 0 Å². The van der Waals surface area contributed by atoms with E-state index < -0.39 is 0 Å². The highest BCUT2D eigenvalue weighted by atomic mass is 16.1. The van der Waals surface area contributed by atoms with Crippen LogP contribution in [0.1, 0.15) is 28.4 Å². The molecule has 0 N–H and O–H groups in total. The Balaban J connectivity index is 2.47. The van der Waals surface area contributed by atoms with Gasteiger partial charge in [-0.25, -0.2) is 0 Å². The fourth-order valence-corrected chi connectivity index (χ4v) is 1.95. The fourth-order valence-electron chi connectivity index (χ4n) is 1.95. The second kappa shape index (κ2) is 4.54. The van der Waals surface area contributed by atoms with Gasteiger partial charge in [-0.15, -0.1) is 0 Å².